The van der Waals surface area contributed by atoms with Gasteiger partial charge in [0, 0.05) is 29.1 Å². The molecule has 0 bridgehead atoms. The first-order valence-electron chi connectivity index (χ1n) is 6.62. The zero-order valence-corrected chi connectivity index (χ0v) is 14.3. The number of thiazole rings is 1. The Balaban J connectivity index is 1.71. The Kier molecular flexibility index (Phi) is 4.37. The standard InChI is InChI=1S/C13H14N4O2S3/c1-2-17-5-11(15-16-17)8-22(18,19)9-12-7-21-13(14-12)10-3-4-20-6-10/h3-7H,2,8-9H2,1H3. The van der Waals surface area contributed by atoms with Crippen LogP contribution in [0.25, 0.3) is 10.6 Å². The van der Waals surface area contributed by atoms with Crippen LogP contribution in [-0.4, -0.2) is 28.4 Å². The van der Waals surface area contributed by atoms with Gasteiger partial charge >= 0.3 is 0 Å². The van der Waals surface area contributed by atoms with Gasteiger partial charge in [0.05, 0.1) is 22.9 Å². The molecule has 0 N–H and O–H groups in total. The zero-order chi connectivity index (χ0) is 15.6. The molecule has 0 amide bonds. The quantitative estimate of drug-likeness (QED) is 0.680. The van der Waals surface area contributed by atoms with Crippen molar-refractivity contribution in [1.29, 1.82) is 0 Å². The number of thiophene rings is 1. The molecule has 0 radical (unpaired) electrons. The van der Waals surface area contributed by atoms with Crippen LogP contribution in [0.5, 0.6) is 0 Å². The van der Waals surface area contributed by atoms with Crippen molar-refractivity contribution in [3.63, 3.8) is 0 Å². The van der Waals surface area contributed by atoms with Crippen molar-refractivity contribution >= 4 is 32.5 Å². The third-order valence-electron chi connectivity index (χ3n) is 2.97. The lowest BCUT2D eigenvalue weighted by atomic mass is 10.4. The predicted molar refractivity (Wildman–Crippen MR) is 87.5 cm³/mol. The Labute approximate surface area is 136 Å². The lowest BCUT2D eigenvalue weighted by molar-refractivity contribution is 0.593. The largest absolute Gasteiger partial charge is 0.253 e. The zero-order valence-electron chi connectivity index (χ0n) is 11.8. The number of hydrogen-bond acceptors (Lipinski definition) is 7. The second-order valence-electron chi connectivity index (χ2n) is 4.75. The molecule has 6 nitrogen and oxygen atoms in total. The van der Waals surface area contributed by atoms with E-state index in [1.807, 2.05) is 23.8 Å². The molecule has 0 saturated carbocycles. The summed E-state index contributed by atoms with van der Waals surface area (Å²) in [5.41, 5.74) is 2.08. The summed E-state index contributed by atoms with van der Waals surface area (Å²) in [6, 6.07) is 1.98. The van der Waals surface area contributed by atoms with Crippen molar-refractivity contribution < 1.29 is 8.42 Å². The Morgan fingerprint density at radius 3 is 2.73 bits per heavy atom. The maximum atomic E-state index is 12.3. The SMILES string of the molecule is CCn1cc(CS(=O)(=O)Cc2csc(-c3ccsc3)n2)nn1. The van der Waals surface area contributed by atoms with Crippen molar-refractivity contribution in [2.45, 2.75) is 25.0 Å². The molecule has 0 saturated heterocycles. The van der Waals surface area contributed by atoms with Crippen molar-refractivity contribution in [2.24, 2.45) is 0 Å². The summed E-state index contributed by atoms with van der Waals surface area (Å²) in [5.74, 6) is -0.190. The van der Waals surface area contributed by atoms with Crippen LogP contribution in [0.15, 0.2) is 28.4 Å². The van der Waals surface area contributed by atoms with Crippen molar-refractivity contribution in [1.82, 2.24) is 20.0 Å². The summed E-state index contributed by atoms with van der Waals surface area (Å²) in [6.45, 7) is 2.59. The van der Waals surface area contributed by atoms with E-state index in [1.54, 1.807) is 27.6 Å². The van der Waals surface area contributed by atoms with E-state index in [1.165, 1.54) is 11.3 Å². The van der Waals surface area contributed by atoms with Gasteiger partial charge in [0.1, 0.15) is 5.01 Å². The van der Waals surface area contributed by atoms with Crippen molar-refractivity contribution in [3.05, 3.63) is 39.8 Å². The van der Waals surface area contributed by atoms with E-state index in [2.05, 4.69) is 15.3 Å². The molecule has 0 spiro atoms. The molecule has 0 aliphatic heterocycles. The van der Waals surface area contributed by atoms with Gasteiger partial charge in [-0.05, 0) is 18.4 Å². The lowest BCUT2D eigenvalue weighted by Gasteiger charge is -1.99. The molecule has 3 aromatic rings. The van der Waals surface area contributed by atoms with Crippen LogP contribution in [0.1, 0.15) is 18.3 Å². The number of hydrogen-bond donors (Lipinski definition) is 0. The fourth-order valence-corrected chi connectivity index (χ4v) is 4.87. The van der Waals surface area contributed by atoms with E-state index in [9.17, 15) is 8.42 Å². The van der Waals surface area contributed by atoms with E-state index in [0.29, 0.717) is 17.9 Å². The maximum absolute atomic E-state index is 12.3. The summed E-state index contributed by atoms with van der Waals surface area (Å²) < 4.78 is 26.1. The van der Waals surface area contributed by atoms with Crippen LogP contribution >= 0.6 is 22.7 Å². The smallest absolute Gasteiger partial charge is 0.161 e. The average molecular weight is 354 g/mol. The molecule has 116 valence electrons. The normalized spacial score (nSPS) is 11.9. The first kappa shape index (κ1) is 15.3. The van der Waals surface area contributed by atoms with Gasteiger partial charge in [-0.2, -0.15) is 11.3 Å². The molecule has 0 atom stereocenters. The van der Waals surface area contributed by atoms with Crippen LogP contribution in [0, 0.1) is 0 Å². The number of sulfone groups is 1. The highest BCUT2D eigenvalue weighted by atomic mass is 32.2. The van der Waals surface area contributed by atoms with E-state index < -0.39 is 9.84 Å². The summed E-state index contributed by atoms with van der Waals surface area (Å²) in [6.07, 6.45) is 1.66. The van der Waals surface area contributed by atoms with Gasteiger partial charge in [0.25, 0.3) is 0 Å². The Morgan fingerprint density at radius 1 is 1.23 bits per heavy atom. The van der Waals surface area contributed by atoms with Crippen molar-refractivity contribution in [2.75, 3.05) is 0 Å². The first-order valence-corrected chi connectivity index (χ1v) is 10.3. The second-order valence-corrected chi connectivity index (χ2v) is 8.46. The molecule has 0 unspecified atom stereocenters. The third-order valence-corrected chi connectivity index (χ3v) is 6.06. The summed E-state index contributed by atoms with van der Waals surface area (Å²) in [7, 11) is -3.31. The molecule has 0 fully saturated rings. The van der Waals surface area contributed by atoms with Gasteiger partial charge in [0.2, 0.25) is 0 Å². The number of rotatable bonds is 6. The highest BCUT2D eigenvalue weighted by Crippen LogP contribution is 2.26. The van der Waals surface area contributed by atoms with Crippen LogP contribution in [0.4, 0.5) is 0 Å². The Morgan fingerprint density at radius 2 is 2.05 bits per heavy atom. The number of aromatic nitrogens is 4. The maximum Gasteiger partial charge on any atom is 0.161 e. The van der Waals surface area contributed by atoms with Crippen LogP contribution in [0.2, 0.25) is 0 Å². The molecule has 3 heterocycles. The molecule has 3 aromatic heterocycles. The third kappa shape index (κ3) is 3.60. The monoisotopic (exact) mass is 354 g/mol. The van der Waals surface area contributed by atoms with Gasteiger partial charge in [-0.25, -0.2) is 13.4 Å². The minimum atomic E-state index is -3.31. The first-order chi connectivity index (χ1) is 10.6. The number of nitrogens with zero attached hydrogens (tertiary/aromatic N) is 4. The fourth-order valence-electron chi connectivity index (χ4n) is 1.95. The molecule has 0 aromatic carbocycles. The summed E-state index contributed by atoms with van der Waals surface area (Å²) in [4.78, 5) is 4.41. The van der Waals surface area contributed by atoms with E-state index >= 15 is 0 Å². The van der Waals surface area contributed by atoms with Gasteiger partial charge in [-0.3, -0.25) is 4.68 Å². The van der Waals surface area contributed by atoms with Crippen LogP contribution < -0.4 is 0 Å². The van der Waals surface area contributed by atoms with Gasteiger partial charge < -0.3 is 0 Å². The summed E-state index contributed by atoms with van der Waals surface area (Å²) in [5, 5.41) is 14.4. The Bertz CT molecular complexity index is 850. The fraction of sp³-hybridized carbons (Fsp3) is 0.308. The Hall–Kier alpha value is -1.58. The second kappa shape index (κ2) is 6.27. The van der Waals surface area contributed by atoms with E-state index in [4.69, 9.17) is 0 Å². The molecule has 0 aliphatic rings. The topological polar surface area (TPSA) is 77.7 Å². The summed E-state index contributed by atoms with van der Waals surface area (Å²) >= 11 is 3.05. The van der Waals surface area contributed by atoms with Crippen molar-refractivity contribution in [3.8, 4) is 10.6 Å². The molecule has 9 heteroatoms. The highest BCUT2D eigenvalue weighted by Gasteiger charge is 2.18. The van der Waals surface area contributed by atoms with Gasteiger partial charge in [-0.15, -0.1) is 16.4 Å². The minimum absolute atomic E-state index is 0.0768. The molecule has 0 aliphatic carbocycles. The molecular weight excluding hydrogens is 340 g/mol. The molecule has 3 rings (SSSR count). The highest BCUT2D eigenvalue weighted by molar-refractivity contribution is 7.89. The molecule has 22 heavy (non-hydrogen) atoms. The van der Waals surface area contributed by atoms with E-state index in [-0.39, 0.29) is 11.5 Å². The lowest BCUT2D eigenvalue weighted by Crippen LogP contribution is -2.08. The van der Waals surface area contributed by atoms with Crippen LogP contribution in [-0.2, 0) is 27.9 Å². The average Bonchev–Trinajstić information content (AvgIpc) is 3.17. The van der Waals surface area contributed by atoms with Gasteiger partial charge in [0.15, 0.2) is 9.84 Å². The van der Waals surface area contributed by atoms with E-state index in [0.717, 1.165) is 10.6 Å². The molecular formula is C13H14N4O2S3. The minimum Gasteiger partial charge on any atom is -0.253 e. The van der Waals surface area contributed by atoms with Gasteiger partial charge in [-0.1, -0.05) is 5.21 Å². The van der Waals surface area contributed by atoms with Crippen LogP contribution in [0.3, 0.4) is 0 Å². The number of aryl methyl sites for hydroxylation is 1. The predicted octanol–water partition coefficient (Wildman–Crippen LogP) is 2.60.